The molecule has 0 bridgehead atoms. The molecule has 0 aliphatic carbocycles. The number of hydrogen-bond donors (Lipinski definition) is 1. The molecule has 0 unspecified atom stereocenters. The third-order valence-electron chi connectivity index (χ3n) is 2.78. The van der Waals surface area contributed by atoms with Crippen molar-refractivity contribution in [2.45, 2.75) is 0 Å². The van der Waals surface area contributed by atoms with Gasteiger partial charge >= 0.3 is 0 Å². The lowest BCUT2D eigenvalue weighted by molar-refractivity contribution is -0.158. The van der Waals surface area contributed by atoms with Crippen LogP contribution in [0.25, 0.3) is 0 Å². The Morgan fingerprint density at radius 1 is 1.29 bits per heavy atom. The standard InChI is InChI=1S/C15H15NO5/c17-7-2-4-12-3-1-5-13(9-12)21-8-6-16-14(18)10-20-11-15(16)19/h1,3,5,9,17H,6-8,10-11H2. The van der Waals surface area contributed by atoms with E-state index in [0.29, 0.717) is 5.75 Å². The molecule has 110 valence electrons. The van der Waals surface area contributed by atoms with Crippen molar-refractivity contribution in [2.24, 2.45) is 0 Å². The fourth-order valence-electron chi connectivity index (χ4n) is 1.83. The highest BCUT2D eigenvalue weighted by atomic mass is 16.5. The van der Waals surface area contributed by atoms with Gasteiger partial charge in [0.05, 0.1) is 6.54 Å². The predicted molar refractivity (Wildman–Crippen MR) is 73.4 cm³/mol. The number of benzene rings is 1. The largest absolute Gasteiger partial charge is 0.492 e. The Hall–Kier alpha value is -2.36. The van der Waals surface area contributed by atoms with Crippen LogP contribution in [0.1, 0.15) is 5.56 Å². The van der Waals surface area contributed by atoms with E-state index in [9.17, 15) is 9.59 Å². The van der Waals surface area contributed by atoms with Crippen LogP contribution in [0.4, 0.5) is 0 Å². The van der Waals surface area contributed by atoms with Crippen LogP contribution in [0.5, 0.6) is 5.75 Å². The van der Waals surface area contributed by atoms with Crippen molar-refractivity contribution in [1.29, 1.82) is 0 Å². The van der Waals surface area contributed by atoms with Gasteiger partial charge in [-0.05, 0) is 18.2 Å². The van der Waals surface area contributed by atoms with Gasteiger partial charge in [-0.2, -0.15) is 0 Å². The van der Waals surface area contributed by atoms with Crippen molar-refractivity contribution in [3.05, 3.63) is 29.8 Å². The molecule has 1 heterocycles. The zero-order valence-electron chi connectivity index (χ0n) is 11.4. The molecule has 6 heteroatoms. The molecule has 1 aromatic rings. The van der Waals surface area contributed by atoms with Crippen LogP contribution in [-0.2, 0) is 14.3 Å². The molecule has 1 fully saturated rings. The Morgan fingerprint density at radius 3 is 2.76 bits per heavy atom. The number of aliphatic hydroxyl groups excluding tert-OH is 1. The van der Waals surface area contributed by atoms with E-state index in [4.69, 9.17) is 14.6 Å². The number of hydrogen-bond acceptors (Lipinski definition) is 5. The molecule has 1 aliphatic heterocycles. The number of aliphatic hydroxyl groups is 1. The molecule has 21 heavy (non-hydrogen) atoms. The smallest absolute Gasteiger partial charge is 0.255 e. The van der Waals surface area contributed by atoms with E-state index in [2.05, 4.69) is 11.8 Å². The number of morpholine rings is 1. The molecule has 2 rings (SSSR count). The van der Waals surface area contributed by atoms with Gasteiger partial charge in [0, 0.05) is 5.56 Å². The van der Waals surface area contributed by atoms with Crippen molar-refractivity contribution in [1.82, 2.24) is 4.90 Å². The first-order valence-electron chi connectivity index (χ1n) is 6.44. The molecule has 0 atom stereocenters. The lowest BCUT2D eigenvalue weighted by Gasteiger charge is -2.24. The minimum absolute atomic E-state index is 0.0715. The number of nitrogens with zero attached hydrogens (tertiary/aromatic N) is 1. The predicted octanol–water partition coefficient (Wildman–Crippen LogP) is -0.205. The molecule has 1 N–H and O–H groups in total. The number of carbonyl (C=O) groups is 2. The molecule has 1 aromatic carbocycles. The molecule has 2 amide bonds. The average Bonchev–Trinajstić information content (AvgIpc) is 2.49. The van der Waals surface area contributed by atoms with Gasteiger partial charge in [-0.25, -0.2) is 0 Å². The molecule has 1 saturated heterocycles. The van der Waals surface area contributed by atoms with Crippen molar-refractivity contribution in [3.8, 4) is 17.6 Å². The molecular formula is C15H15NO5. The van der Waals surface area contributed by atoms with E-state index in [1.54, 1.807) is 24.3 Å². The van der Waals surface area contributed by atoms with Crippen LogP contribution in [0, 0.1) is 11.8 Å². The summed E-state index contributed by atoms with van der Waals surface area (Å²) >= 11 is 0. The number of imide groups is 1. The maximum atomic E-state index is 11.5. The van der Waals surface area contributed by atoms with Crippen molar-refractivity contribution in [2.75, 3.05) is 33.0 Å². The van der Waals surface area contributed by atoms with Crippen molar-refractivity contribution in [3.63, 3.8) is 0 Å². The van der Waals surface area contributed by atoms with E-state index in [1.807, 2.05) is 0 Å². The highest BCUT2D eigenvalue weighted by molar-refractivity contribution is 5.98. The fraction of sp³-hybridized carbons (Fsp3) is 0.333. The van der Waals surface area contributed by atoms with Crippen molar-refractivity contribution >= 4 is 11.8 Å². The maximum Gasteiger partial charge on any atom is 0.255 e. The minimum Gasteiger partial charge on any atom is -0.492 e. The van der Waals surface area contributed by atoms with E-state index in [1.165, 1.54) is 0 Å². The molecule has 0 radical (unpaired) electrons. The van der Waals surface area contributed by atoms with E-state index in [-0.39, 0.29) is 44.8 Å². The third-order valence-corrected chi connectivity index (χ3v) is 2.78. The number of ether oxygens (including phenoxy) is 2. The highest BCUT2D eigenvalue weighted by Crippen LogP contribution is 2.12. The summed E-state index contributed by atoms with van der Waals surface area (Å²) in [4.78, 5) is 24.1. The van der Waals surface area contributed by atoms with Gasteiger partial charge < -0.3 is 14.6 Å². The maximum absolute atomic E-state index is 11.5. The van der Waals surface area contributed by atoms with Gasteiger partial charge in [-0.15, -0.1) is 0 Å². The summed E-state index contributed by atoms with van der Waals surface area (Å²) in [6.45, 7) is 0.0459. The summed E-state index contributed by atoms with van der Waals surface area (Å²) in [5.41, 5.74) is 0.722. The van der Waals surface area contributed by atoms with Gasteiger partial charge in [0.25, 0.3) is 11.8 Å². The summed E-state index contributed by atoms with van der Waals surface area (Å²) in [6.07, 6.45) is 0. The molecule has 6 nitrogen and oxygen atoms in total. The zero-order chi connectivity index (χ0) is 15.1. The van der Waals surface area contributed by atoms with Gasteiger partial charge in [0.2, 0.25) is 0 Å². The lowest BCUT2D eigenvalue weighted by atomic mass is 10.2. The van der Waals surface area contributed by atoms with Gasteiger partial charge in [0.1, 0.15) is 32.2 Å². The summed E-state index contributed by atoms with van der Waals surface area (Å²) in [6, 6.07) is 7.06. The SMILES string of the molecule is O=C1COCC(=O)N1CCOc1cccc(C#CCO)c1. The Bertz CT molecular complexity index is 571. The summed E-state index contributed by atoms with van der Waals surface area (Å²) in [5.74, 6) is 5.21. The zero-order valence-corrected chi connectivity index (χ0v) is 11.4. The topological polar surface area (TPSA) is 76.1 Å². The van der Waals surface area contributed by atoms with Crippen molar-refractivity contribution < 1.29 is 24.2 Å². The second-order valence-electron chi connectivity index (χ2n) is 4.27. The molecule has 0 spiro atoms. The summed E-state index contributed by atoms with van der Waals surface area (Å²) in [7, 11) is 0. The van der Waals surface area contributed by atoms with Crippen LogP contribution in [-0.4, -0.2) is 54.8 Å². The van der Waals surface area contributed by atoms with Crippen LogP contribution in [0.3, 0.4) is 0 Å². The monoisotopic (exact) mass is 289 g/mol. The fourth-order valence-corrected chi connectivity index (χ4v) is 1.83. The van der Waals surface area contributed by atoms with E-state index >= 15 is 0 Å². The second kappa shape index (κ2) is 7.43. The van der Waals surface area contributed by atoms with Crippen LogP contribution >= 0.6 is 0 Å². The van der Waals surface area contributed by atoms with E-state index < -0.39 is 0 Å². The molecule has 0 aromatic heterocycles. The first-order valence-corrected chi connectivity index (χ1v) is 6.44. The van der Waals surface area contributed by atoms with Crippen LogP contribution in [0.2, 0.25) is 0 Å². The van der Waals surface area contributed by atoms with Gasteiger partial charge in [-0.3, -0.25) is 14.5 Å². The third kappa shape index (κ3) is 4.31. The normalized spacial score (nSPS) is 14.6. The van der Waals surface area contributed by atoms with Gasteiger partial charge in [-0.1, -0.05) is 17.9 Å². The quantitative estimate of drug-likeness (QED) is 0.613. The Morgan fingerprint density at radius 2 is 2.05 bits per heavy atom. The molecule has 1 aliphatic rings. The Kier molecular flexibility index (Phi) is 5.32. The highest BCUT2D eigenvalue weighted by Gasteiger charge is 2.26. The Labute approximate surface area is 122 Å². The molecule has 0 saturated carbocycles. The second-order valence-corrected chi connectivity index (χ2v) is 4.27. The first-order chi connectivity index (χ1) is 10.2. The van der Waals surface area contributed by atoms with E-state index in [0.717, 1.165) is 10.5 Å². The van der Waals surface area contributed by atoms with Crippen LogP contribution in [0.15, 0.2) is 24.3 Å². The lowest BCUT2D eigenvalue weighted by Crippen LogP contribution is -2.47. The minimum atomic E-state index is -0.350. The van der Waals surface area contributed by atoms with Gasteiger partial charge in [0.15, 0.2) is 0 Å². The first kappa shape index (κ1) is 15.0. The average molecular weight is 289 g/mol. The Balaban J connectivity index is 1.88. The van der Waals surface area contributed by atoms with Crippen LogP contribution < -0.4 is 4.74 Å². The number of carbonyl (C=O) groups excluding carboxylic acids is 2. The number of amides is 2. The number of rotatable bonds is 4. The summed E-state index contributed by atoms with van der Waals surface area (Å²) in [5, 5.41) is 8.65. The summed E-state index contributed by atoms with van der Waals surface area (Å²) < 4.78 is 10.3. The molecular weight excluding hydrogens is 274 g/mol.